The van der Waals surface area contributed by atoms with Crippen LogP contribution in [-0.4, -0.2) is 12.5 Å². The van der Waals surface area contributed by atoms with Crippen LogP contribution in [0.3, 0.4) is 0 Å². The first-order chi connectivity index (χ1) is 14.6. The van der Waals surface area contributed by atoms with Crippen LogP contribution >= 0.6 is 15.9 Å². The number of carbonyl (C=O) groups excluding carboxylic acids is 1. The molecular weight excluding hydrogens is 438 g/mol. The van der Waals surface area contributed by atoms with Gasteiger partial charge >= 0.3 is 0 Å². The number of hydrogen-bond donors (Lipinski definition) is 2. The van der Waals surface area contributed by atoms with Gasteiger partial charge in [0.2, 0.25) is 0 Å². The van der Waals surface area contributed by atoms with Crippen molar-refractivity contribution in [3.63, 3.8) is 0 Å². The van der Waals surface area contributed by atoms with Crippen LogP contribution in [0.4, 0.5) is 0 Å². The number of fused-ring (bicyclic) bond motifs is 1. The van der Waals surface area contributed by atoms with E-state index in [9.17, 15) is 10.1 Å². The lowest BCUT2D eigenvalue weighted by molar-refractivity contribution is -0.117. The van der Waals surface area contributed by atoms with Gasteiger partial charge < -0.3 is 10.6 Å². The lowest BCUT2D eigenvalue weighted by Gasteiger charge is -2.21. The van der Waals surface area contributed by atoms with Crippen molar-refractivity contribution < 1.29 is 4.79 Å². The minimum absolute atomic E-state index is 0.0943. The summed E-state index contributed by atoms with van der Waals surface area (Å²) in [6.45, 7) is 2.70. The molecule has 30 heavy (non-hydrogen) atoms. The average molecular weight is 466 g/mol. The maximum Gasteiger partial charge on any atom is 0.263 e. The molecule has 2 aromatic rings. The van der Waals surface area contributed by atoms with Gasteiger partial charge in [0.1, 0.15) is 11.6 Å². The summed E-state index contributed by atoms with van der Waals surface area (Å²) in [4.78, 5) is 12.7. The number of nitrogens with one attached hydrogen (secondary N) is 2. The van der Waals surface area contributed by atoms with E-state index in [0.717, 1.165) is 35.7 Å². The van der Waals surface area contributed by atoms with Crippen molar-refractivity contribution in [2.24, 2.45) is 0 Å². The van der Waals surface area contributed by atoms with Crippen LogP contribution in [-0.2, 0) is 24.1 Å². The lowest BCUT2D eigenvalue weighted by Crippen LogP contribution is -2.30. The van der Waals surface area contributed by atoms with Gasteiger partial charge in [-0.1, -0.05) is 53.2 Å². The van der Waals surface area contributed by atoms with Gasteiger partial charge in [0.05, 0.1) is 6.04 Å². The smallest absolute Gasteiger partial charge is 0.263 e. The molecule has 1 aliphatic rings. The first kappa shape index (κ1) is 22.1. The summed E-state index contributed by atoms with van der Waals surface area (Å²) in [5.74, 6) is -0.336. The molecule has 0 radical (unpaired) electrons. The van der Waals surface area contributed by atoms with Crippen LogP contribution in [0.2, 0.25) is 0 Å². The minimum atomic E-state index is -0.336. The van der Waals surface area contributed by atoms with Crippen molar-refractivity contribution in [1.29, 1.82) is 5.26 Å². The Labute approximate surface area is 187 Å². The molecule has 1 amide bonds. The second-order valence-corrected chi connectivity index (χ2v) is 8.59. The van der Waals surface area contributed by atoms with Gasteiger partial charge in [0, 0.05) is 17.2 Å². The molecule has 156 valence electrons. The van der Waals surface area contributed by atoms with Gasteiger partial charge in [-0.2, -0.15) is 5.26 Å². The van der Waals surface area contributed by atoms with Crippen molar-refractivity contribution >= 4 is 21.8 Å². The number of benzene rings is 2. The summed E-state index contributed by atoms with van der Waals surface area (Å²) in [5.41, 5.74) is 5.23. The number of hydrogen-bond acceptors (Lipinski definition) is 3. The SMILES string of the molecule is CCC(NC(=O)/C(C#N)=C\NCCc1cccc(Br)c1)c1ccc2c(c1)CCCC2. The zero-order valence-corrected chi connectivity index (χ0v) is 19.0. The van der Waals surface area contributed by atoms with Crippen LogP contribution in [0.25, 0.3) is 0 Å². The number of nitrogens with zero attached hydrogens (tertiary/aromatic N) is 1. The Morgan fingerprint density at radius 2 is 2.00 bits per heavy atom. The van der Waals surface area contributed by atoms with E-state index in [4.69, 9.17) is 0 Å². The summed E-state index contributed by atoms with van der Waals surface area (Å²) in [7, 11) is 0. The molecule has 0 spiro atoms. The first-order valence-electron chi connectivity index (χ1n) is 10.6. The molecule has 0 saturated heterocycles. The van der Waals surface area contributed by atoms with Crippen molar-refractivity contribution in [3.05, 3.63) is 81.0 Å². The topological polar surface area (TPSA) is 64.9 Å². The van der Waals surface area contributed by atoms with E-state index in [1.54, 1.807) is 0 Å². The third-order valence-corrected chi connectivity index (χ3v) is 6.04. The maximum atomic E-state index is 12.7. The van der Waals surface area contributed by atoms with Gasteiger partial charge in [-0.05, 0) is 72.9 Å². The van der Waals surface area contributed by atoms with Crippen LogP contribution in [0.1, 0.15) is 54.5 Å². The number of amides is 1. The first-order valence-corrected chi connectivity index (χ1v) is 11.4. The molecule has 0 fully saturated rings. The zero-order chi connectivity index (χ0) is 21.3. The lowest BCUT2D eigenvalue weighted by atomic mass is 9.88. The molecule has 1 atom stereocenters. The van der Waals surface area contributed by atoms with Gasteiger partial charge in [-0.15, -0.1) is 0 Å². The van der Waals surface area contributed by atoms with E-state index in [-0.39, 0.29) is 17.5 Å². The molecule has 1 unspecified atom stereocenters. The molecule has 1 aliphatic carbocycles. The normalized spacial score (nSPS) is 14.4. The van der Waals surface area contributed by atoms with Gasteiger partial charge in [-0.3, -0.25) is 4.79 Å². The Balaban J connectivity index is 1.59. The van der Waals surface area contributed by atoms with Crippen molar-refractivity contribution in [1.82, 2.24) is 10.6 Å². The van der Waals surface area contributed by atoms with Crippen molar-refractivity contribution in [3.8, 4) is 6.07 Å². The summed E-state index contributed by atoms with van der Waals surface area (Å²) < 4.78 is 1.04. The molecule has 2 N–H and O–H groups in total. The molecule has 5 heteroatoms. The molecule has 0 bridgehead atoms. The van der Waals surface area contributed by atoms with E-state index < -0.39 is 0 Å². The van der Waals surface area contributed by atoms with Crippen molar-refractivity contribution in [2.45, 2.75) is 51.5 Å². The third-order valence-electron chi connectivity index (χ3n) is 5.55. The number of aryl methyl sites for hydroxylation is 2. The van der Waals surface area contributed by atoms with Crippen LogP contribution in [0.15, 0.2) is 58.7 Å². The second-order valence-electron chi connectivity index (χ2n) is 7.67. The minimum Gasteiger partial charge on any atom is -0.389 e. The molecule has 2 aromatic carbocycles. The average Bonchev–Trinajstić information content (AvgIpc) is 2.77. The number of carbonyl (C=O) groups is 1. The molecule has 3 rings (SSSR count). The Morgan fingerprint density at radius 3 is 2.73 bits per heavy atom. The highest BCUT2D eigenvalue weighted by molar-refractivity contribution is 9.10. The number of rotatable bonds is 8. The highest BCUT2D eigenvalue weighted by atomic mass is 79.9. The summed E-state index contributed by atoms with van der Waals surface area (Å²) in [6, 6.07) is 16.6. The highest BCUT2D eigenvalue weighted by Gasteiger charge is 2.18. The Morgan fingerprint density at radius 1 is 1.20 bits per heavy atom. The quantitative estimate of drug-likeness (QED) is 0.322. The van der Waals surface area contributed by atoms with Crippen LogP contribution < -0.4 is 10.6 Å². The van der Waals surface area contributed by atoms with Gasteiger partial charge in [0.25, 0.3) is 5.91 Å². The Bertz CT molecular complexity index is 961. The fourth-order valence-electron chi connectivity index (χ4n) is 3.86. The molecule has 4 nitrogen and oxygen atoms in total. The predicted octanol–water partition coefficient (Wildman–Crippen LogP) is 5.13. The monoisotopic (exact) mass is 465 g/mol. The van der Waals surface area contributed by atoms with Crippen molar-refractivity contribution in [2.75, 3.05) is 6.54 Å². The standard InChI is InChI=1S/C25H28BrN3O/c1-2-24(21-11-10-19-7-3-4-8-20(19)15-21)29-25(30)22(16-27)17-28-13-12-18-6-5-9-23(26)14-18/h5-6,9-11,14-15,17,24,28H,2-4,7-8,12-13H2,1H3,(H,29,30)/b22-17-. The second kappa shape index (κ2) is 11.0. The van der Waals surface area contributed by atoms with Gasteiger partial charge in [0.15, 0.2) is 0 Å². The van der Waals surface area contributed by atoms with E-state index in [2.05, 4.69) is 63.8 Å². The molecule has 0 aromatic heterocycles. The third kappa shape index (κ3) is 5.96. The molecular formula is C25H28BrN3O. The number of halogens is 1. The van der Waals surface area contributed by atoms with Crippen LogP contribution in [0.5, 0.6) is 0 Å². The highest BCUT2D eigenvalue weighted by Crippen LogP contribution is 2.26. The summed E-state index contributed by atoms with van der Waals surface area (Å²) >= 11 is 3.47. The summed E-state index contributed by atoms with van der Waals surface area (Å²) in [6.07, 6.45) is 7.84. The predicted molar refractivity (Wildman–Crippen MR) is 124 cm³/mol. The van der Waals surface area contributed by atoms with E-state index in [1.165, 1.54) is 35.7 Å². The van der Waals surface area contributed by atoms with E-state index in [0.29, 0.717) is 6.54 Å². The van der Waals surface area contributed by atoms with E-state index >= 15 is 0 Å². The zero-order valence-electron chi connectivity index (χ0n) is 17.4. The van der Waals surface area contributed by atoms with E-state index in [1.807, 2.05) is 18.2 Å². The summed E-state index contributed by atoms with van der Waals surface area (Å²) in [5, 5.41) is 15.6. The molecule has 0 aliphatic heterocycles. The largest absolute Gasteiger partial charge is 0.389 e. The number of nitriles is 1. The Kier molecular flexibility index (Phi) is 8.10. The fourth-order valence-corrected chi connectivity index (χ4v) is 4.31. The van der Waals surface area contributed by atoms with Gasteiger partial charge in [-0.25, -0.2) is 0 Å². The fraction of sp³-hybridized carbons (Fsp3) is 0.360. The van der Waals surface area contributed by atoms with Crippen LogP contribution in [0, 0.1) is 11.3 Å². The Hall–Kier alpha value is -2.58. The molecule has 0 heterocycles. The molecule has 0 saturated carbocycles. The maximum absolute atomic E-state index is 12.7.